The first kappa shape index (κ1) is 5.06. The summed E-state index contributed by atoms with van der Waals surface area (Å²) in [5.74, 6) is 0. The number of rotatable bonds is 0. The minimum Gasteiger partial charge on any atom is -0.472 e. The molecule has 0 aromatic carbocycles. The zero-order valence-electron chi connectivity index (χ0n) is 5.42. The van der Waals surface area contributed by atoms with Crippen LogP contribution in [0.2, 0.25) is 0 Å². The Morgan fingerprint density at radius 3 is 2.44 bits per heavy atom. The molecular formula is C7H9NO. The maximum absolute atomic E-state index is 5.01. The zero-order valence-corrected chi connectivity index (χ0v) is 5.42. The predicted molar refractivity (Wildman–Crippen MR) is 33.9 cm³/mol. The topological polar surface area (TPSA) is 16.4 Å². The van der Waals surface area contributed by atoms with E-state index in [2.05, 4.69) is 11.9 Å². The highest BCUT2D eigenvalue weighted by molar-refractivity contribution is 5.24. The maximum Gasteiger partial charge on any atom is 0.0951 e. The summed E-state index contributed by atoms with van der Waals surface area (Å²) in [5.41, 5.74) is 2.69. The van der Waals surface area contributed by atoms with Gasteiger partial charge in [0.2, 0.25) is 0 Å². The highest BCUT2D eigenvalue weighted by atomic mass is 16.3. The molecule has 1 aromatic rings. The van der Waals surface area contributed by atoms with Gasteiger partial charge in [0.1, 0.15) is 0 Å². The van der Waals surface area contributed by atoms with Crippen LogP contribution in [0.4, 0.5) is 0 Å². The molecule has 0 saturated carbocycles. The molecule has 1 aromatic heterocycles. The summed E-state index contributed by atoms with van der Waals surface area (Å²) in [6.45, 7) is 2.09. The van der Waals surface area contributed by atoms with Gasteiger partial charge in [0, 0.05) is 24.2 Å². The third kappa shape index (κ3) is 0.669. The van der Waals surface area contributed by atoms with Crippen LogP contribution in [0.25, 0.3) is 0 Å². The van der Waals surface area contributed by atoms with Crippen molar-refractivity contribution in [2.45, 2.75) is 13.1 Å². The van der Waals surface area contributed by atoms with Crippen LogP contribution < -0.4 is 0 Å². The lowest BCUT2D eigenvalue weighted by atomic mass is 10.2. The van der Waals surface area contributed by atoms with Crippen molar-refractivity contribution < 1.29 is 4.42 Å². The first-order valence-corrected chi connectivity index (χ1v) is 3.09. The van der Waals surface area contributed by atoms with Gasteiger partial charge in [0.15, 0.2) is 0 Å². The van der Waals surface area contributed by atoms with Crippen LogP contribution in [0.15, 0.2) is 16.9 Å². The van der Waals surface area contributed by atoms with Crippen LogP contribution in [-0.4, -0.2) is 11.9 Å². The van der Waals surface area contributed by atoms with Gasteiger partial charge in [0.25, 0.3) is 0 Å². The Balaban J connectivity index is 2.39. The van der Waals surface area contributed by atoms with Crippen molar-refractivity contribution in [2.24, 2.45) is 0 Å². The molecule has 0 spiro atoms. The average molecular weight is 123 g/mol. The van der Waals surface area contributed by atoms with E-state index in [9.17, 15) is 0 Å². The molecule has 48 valence electrons. The van der Waals surface area contributed by atoms with Crippen LogP contribution in [0.3, 0.4) is 0 Å². The van der Waals surface area contributed by atoms with Crippen LogP contribution in [0.1, 0.15) is 11.1 Å². The maximum atomic E-state index is 5.01. The Kier molecular flexibility index (Phi) is 0.904. The molecule has 2 nitrogen and oxygen atoms in total. The van der Waals surface area contributed by atoms with Gasteiger partial charge in [-0.1, -0.05) is 0 Å². The van der Waals surface area contributed by atoms with E-state index < -0.39 is 0 Å². The molecule has 0 saturated heterocycles. The van der Waals surface area contributed by atoms with Crippen molar-refractivity contribution in [3.63, 3.8) is 0 Å². The fraction of sp³-hybridized carbons (Fsp3) is 0.429. The van der Waals surface area contributed by atoms with Gasteiger partial charge in [-0.15, -0.1) is 0 Å². The summed E-state index contributed by atoms with van der Waals surface area (Å²) in [6.07, 6.45) is 3.66. The van der Waals surface area contributed by atoms with Crippen LogP contribution in [-0.2, 0) is 13.1 Å². The summed E-state index contributed by atoms with van der Waals surface area (Å²) < 4.78 is 5.01. The fourth-order valence-corrected chi connectivity index (χ4v) is 1.26. The van der Waals surface area contributed by atoms with Crippen LogP contribution in [0, 0.1) is 0 Å². The van der Waals surface area contributed by atoms with Gasteiger partial charge in [-0.25, -0.2) is 0 Å². The van der Waals surface area contributed by atoms with Gasteiger partial charge in [-0.05, 0) is 7.05 Å². The molecule has 9 heavy (non-hydrogen) atoms. The third-order valence-electron chi connectivity index (χ3n) is 1.71. The van der Waals surface area contributed by atoms with E-state index in [0.29, 0.717) is 0 Å². The van der Waals surface area contributed by atoms with E-state index in [4.69, 9.17) is 4.42 Å². The minimum atomic E-state index is 1.05. The Morgan fingerprint density at radius 1 is 1.33 bits per heavy atom. The van der Waals surface area contributed by atoms with Crippen molar-refractivity contribution in [3.8, 4) is 0 Å². The molecule has 0 bridgehead atoms. The van der Waals surface area contributed by atoms with Crippen molar-refractivity contribution in [3.05, 3.63) is 23.7 Å². The Labute approximate surface area is 54.1 Å². The molecule has 0 fully saturated rings. The molecule has 0 radical (unpaired) electrons. The standard InChI is InChI=1S/C7H9NO/c1-8-2-6-4-9-5-7(6)3-8/h4-5H,2-3H2,1H3. The van der Waals surface area contributed by atoms with E-state index in [0.717, 1.165) is 13.1 Å². The van der Waals surface area contributed by atoms with Crippen molar-refractivity contribution >= 4 is 0 Å². The minimum absolute atomic E-state index is 1.05. The fourth-order valence-electron chi connectivity index (χ4n) is 1.26. The predicted octanol–water partition coefficient (Wildman–Crippen LogP) is 1.23. The monoisotopic (exact) mass is 123 g/mol. The van der Waals surface area contributed by atoms with Crippen molar-refractivity contribution in [1.82, 2.24) is 4.90 Å². The van der Waals surface area contributed by atoms with Gasteiger partial charge >= 0.3 is 0 Å². The zero-order chi connectivity index (χ0) is 6.27. The number of fused-ring (bicyclic) bond motifs is 1. The molecule has 2 rings (SSSR count). The summed E-state index contributed by atoms with van der Waals surface area (Å²) in [4.78, 5) is 2.26. The lowest BCUT2D eigenvalue weighted by Crippen LogP contribution is -2.07. The second-order valence-corrected chi connectivity index (χ2v) is 2.59. The second-order valence-electron chi connectivity index (χ2n) is 2.59. The average Bonchev–Trinajstić information content (AvgIpc) is 2.22. The lowest BCUT2D eigenvalue weighted by Gasteiger charge is -2.03. The molecule has 0 N–H and O–H groups in total. The Morgan fingerprint density at radius 2 is 1.89 bits per heavy atom. The number of furan rings is 1. The summed E-state index contributed by atoms with van der Waals surface area (Å²) in [7, 11) is 2.11. The van der Waals surface area contributed by atoms with E-state index in [1.807, 2.05) is 12.5 Å². The summed E-state index contributed by atoms with van der Waals surface area (Å²) in [6, 6.07) is 0. The molecule has 0 aliphatic carbocycles. The largest absolute Gasteiger partial charge is 0.472 e. The Bertz CT molecular complexity index is 196. The second kappa shape index (κ2) is 1.61. The third-order valence-corrected chi connectivity index (χ3v) is 1.71. The number of hydrogen-bond acceptors (Lipinski definition) is 2. The SMILES string of the molecule is CN1Cc2cocc2C1. The Hall–Kier alpha value is -0.760. The normalized spacial score (nSPS) is 18.3. The van der Waals surface area contributed by atoms with Gasteiger partial charge in [0.05, 0.1) is 12.5 Å². The van der Waals surface area contributed by atoms with E-state index >= 15 is 0 Å². The smallest absolute Gasteiger partial charge is 0.0951 e. The molecule has 2 heterocycles. The van der Waals surface area contributed by atoms with Crippen LogP contribution >= 0.6 is 0 Å². The highest BCUT2D eigenvalue weighted by Gasteiger charge is 2.16. The first-order valence-electron chi connectivity index (χ1n) is 3.09. The van der Waals surface area contributed by atoms with Gasteiger partial charge in [-0.2, -0.15) is 0 Å². The van der Waals surface area contributed by atoms with E-state index in [1.54, 1.807) is 0 Å². The molecule has 0 unspecified atom stereocenters. The lowest BCUT2D eigenvalue weighted by molar-refractivity contribution is 0.345. The quantitative estimate of drug-likeness (QED) is 0.515. The molecule has 1 aliphatic rings. The van der Waals surface area contributed by atoms with Crippen molar-refractivity contribution in [1.29, 1.82) is 0 Å². The van der Waals surface area contributed by atoms with Gasteiger partial charge in [-0.3, -0.25) is 4.90 Å². The molecule has 0 amide bonds. The van der Waals surface area contributed by atoms with Gasteiger partial charge < -0.3 is 4.42 Å². The molecule has 1 aliphatic heterocycles. The first-order chi connectivity index (χ1) is 4.36. The van der Waals surface area contributed by atoms with Crippen molar-refractivity contribution in [2.75, 3.05) is 7.05 Å². The number of nitrogens with zero attached hydrogens (tertiary/aromatic N) is 1. The van der Waals surface area contributed by atoms with E-state index in [1.165, 1.54) is 11.1 Å². The van der Waals surface area contributed by atoms with Crippen LogP contribution in [0.5, 0.6) is 0 Å². The molecule has 0 atom stereocenters. The highest BCUT2D eigenvalue weighted by Crippen LogP contribution is 2.21. The number of hydrogen-bond donors (Lipinski definition) is 0. The summed E-state index contributed by atoms with van der Waals surface area (Å²) in [5, 5.41) is 0. The van der Waals surface area contributed by atoms with E-state index in [-0.39, 0.29) is 0 Å². The molecule has 2 heteroatoms. The molecular weight excluding hydrogens is 114 g/mol. The summed E-state index contributed by atoms with van der Waals surface area (Å²) >= 11 is 0.